The van der Waals surface area contributed by atoms with Crippen LogP contribution < -0.4 is 11.1 Å². The molecule has 0 saturated heterocycles. The Hall–Kier alpha value is -0.730. The fourth-order valence-corrected chi connectivity index (χ4v) is 2.11. The molecule has 0 heterocycles. The van der Waals surface area contributed by atoms with Gasteiger partial charge in [0.1, 0.15) is 0 Å². The number of anilines is 1. The molecule has 1 aromatic rings. The number of nitrogens with two attached hydrogens (primary N) is 1. The quantitative estimate of drug-likeness (QED) is 0.770. The van der Waals surface area contributed by atoms with Crippen LogP contribution in [0.3, 0.4) is 0 Å². The van der Waals surface area contributed by atoms with E-state index in [1.807, 2.05) is 24.3 Å². The zero-order valence-corrected chi connectivity index (χ0v) is 11.6. The number of halogens is 1. The largest absolute Gasteiger partial charge is 0.378 e. The van der Waals surface area contributed by atoms with Gasteiger partial charge < -0.3 is 11.1 Å². The van der Waals surface area contributed by atoms with Crippen LogP contribution in [-0.4, -0.2) is 12.1 Å². The first-order chi connectivity index (χ1) is 8.15. The first-order valence-electron chi connectivity index (χ1n) is 6.39. The van der Waals surface area contributed by atoms with E-state index in [-0.39, 0.29) is 5.54 Å². The van der Waals surface area contributed by atoms with Crippen molar-refractivity contribution in [2.75, 3.05) is 11.9 Å². The van der Waals surface area contributed by atoms with E-state index in [0.717, 1.165) is 23.6 Å². The summed E-state index contributed by atoms with van der Waals surface area (Å²) < 4.78 is 0. The zero-order chi connectivity index (χ0) is 12.7. The molecule has 96 valence electrons. The molecule has 3 N–H and O–H groups in total. The molecular formula is C14H23ClN2. The minimum Gasteiger partial charge on any atom is -0.378 e. The van der Waals surface area contributed by atoms with Crippen LogP contribution in [0.5, 0.6) is 0 Å². The summed E-state index contributed by atoms with van der Waals surface area (Å²) in [5.41, 5.74) is 7.06. The van der Waals surface area contributed by atoms with Gasteiger partial charge in [-0.25, -0.2) is 0 Å². The van der Waals surface area contributed by atoms with Crippen LogP contribution in [0.1, 0.15) is 39.5 Å². The molecule has 2 nitrogen and oxygen atoms in total. The van der Waals surface area contributed by atoms with Crippen LogP contribution in [0.15, 0.2) is 24.3 Å². The van der Waals surface area contributed by atoms with E-state index < -0.39 is 0 Å². The second-order valence-electron chi connectivity index (χ2n) is 4.57. The second-order valence-corrected chi connectivity index (χ2v) is 5.01. The minimum atomic E-state index is 0.0177. The third kappa shape index (κ3) is 4.21. The highest BCUT2D eigenvalue weighted by Gasteiger charge is 2.25. The van der Waals surface area contributed by atoms with Crippen LogP contribution in [-0.2, 0) is 0 Å². The average Bonchev–Trinajstić information content (AvgIpc) is 2.37. The lowest BCUT2D eigenvalue weighted by molar-refractivity contribution is 0.411. The van der Waals surface area contributed by atoms with Crippen LogP contribution in [0.4, 0.5) is 5.69 Å². The van der Waals surface area contributed by atoms with Crippen LogP contribution in [0.2, 0.25) is 5.02 Å². The van der Waals surface area contributed by atoms with E-state index >= 15 is 0 Å². The van der Waals surface area contributed by atoms with Gasteiger partial charge >= 0.3 is 0 Å². The molecule has 0 aliphatic heterocycles. The van der Waals surface area contributed by atoms with Crippen LogP contribution >= 0.6 is 11.6 Å². The summed E-state index contributed by atoms with van der Waals surface area (Å²) in [5, 5.41) is 4.33. The molecule has 1 unspecified atom stereocenters. The van der Waals surface area contributed by atoms with Gasteiger partial charge in [0.2, 0.25) is 0 Å². The van der Waals surface area contributed by atoms with Crippen molar-refractivity contribution in [2.45, 2.75) is 45.1 Å². The molecule has 1 aromatic carbocycles. The molecule has 0 fully saturated rings. The van der Waals surface area contributed by atoms with Crippen molar-refractivity contribution in [1.29, 1.82) is 0 Å². The lowest BCUT2D eigenvalue weighted by Gasteiger charge is -2.34. The van der Waals surface area contributed by atoms with Crippen molar-refractivity contribution in [2.24, 2.45) is 5.73 Å². The molecule has 3 heteroatoms. The summed E-state index contributed by atoms with van der Waals surface area (Å²) in [6, 6.07) is 7.82. The minimum absolute atomic E-state index is 0.0177. The summed E-state index contributed by atoms with van der Waals surface area (Å²) in [4.78, 5) is 0. The van der Waals surface area contributed by atoms with E-state index in [0.29, 0.717) is 6.54 Å². The lowest BCUT2D eigenvalue weighted by Crippen LogP contribution is -2.45. The lowest BCUT2D eigenvalue weighted by atomic mass is 9.89. The maximum atomic E-state index is 5.95. The Balaban J connectivity index is 2.74. The van der Waals surface area contributed by atoms with Gasteiger partial charge in [0, 0.05) is 22.8 Å². The highest BCUT2D eigenvalue weighted by Crippen LogP contribution is 2.24. The highest BCUT2D eigenvalue weighted by atomic mass is 35.5. The van der Waals surface area contributed by atoms with Gasteiger partial charge in [0.05, 0.1) is 0 Å². The third-order valence-electron chi connectivity index (χ3n) is 3.33. The van der Waals surface area contributed by atoms with Crippen molar-refractivity contribution < 1.29 is 0 Å². The van der Waals surface area contributed by atoms with Crippen molar-refractivity contribution in [3.63, 3.8) is 0 Å². The third-order valence-corrected chi connectivity index (χ3v) is 3.58. The smallest absolute Gasteiger partial charge is 0.0493 e. The van der Waals surface area contributed by atoms with E-state index in [4.69, 9.17) is 17.3 Å². The number of benzene rings is 1. The maximum absolute atomic E-state index is 5.95. The summed E-state index contributed by atoms with van der Waals surface area (Å²) in [7, 11) is 0. The molecule has 0 radical (unpaired) electrons. The first-order valence-corrected chi connectivity index (χ1v) is 6.77. The molecule has 0 bridgehead atoms. The Bertz CT molecular complexity index is 317. The van der Waals surface area contributed by atoms with Crippen LogP contribution in [0, 0.1) is 0 Å². The van der Waals surface area contributed by atoms with Gasteiger partial charge in [-0.05, 0) is 37.1 Å². The average molecular weight is 255 g/mol. The summed E-state index contributed by atoms with van der Waals surface area (Å²) in [6.07, 6.45) is 4.54. The van der Waals surface area contributed by atoms with E-state index in [1.165, 1.54) is 12.8 Å². The van der Waals surface area contributed by atoms with Crippen LogP contribution in [0.25, 0.3) is 0 Å². The predicted molar refractivity (Wildman–Crippen MR) is 76.7 cm³/mol. The molecule has 0 aliphatic rings. The highest BCUT2D eigenvalue weighted by molar-refractivity contribution is 6.30. The number of hydrogen-bond acceptors (Lipinski definition) is 2. The molecule has 0 saturated carbocycles. The molecule has 17 heavy (non-hydrogen) atoms. The molecule has 1 atom stereocenters. The zero-order valence-electron chi connectivity index (χ0n) is 10.8. The SMILES string of the molecule is CCCCC(CC)(CN)Nc1ccc(Cl)cc1. The Kier molecular flexibility index (Phi) is 5.79. The van der Waals surface area contributed by atoms with E-state index in [1.54, 1.807) is 0 Å². The molecule has 0 amide bonds. The van der Waals surface area contributed by atoms with Crippen molar-refractivity contribution in [3.8, 4) is 0 Å². The fraction of sp³-hybridized carbons (Fsp3) is 0.571. The Morgan fingerprint density at radius 2 is 1.88 bits per heavy atom. The summed E-state index contributed by atoms with van der Waals surface area (Å²) in [6.45, 7) is 5.05. The predicted octanol–water partition coefficient (Wildman–Crippen LogP) is 4.05. The fourth-order valence-electron chi connectivity index (χ4n) is 1.98. The Morgan fingerprint density at radius 1 is 1.24 bits per heavy atom. The molecule has 0 aromatic heterocycles. The van der Waals surface area contributed by atoms with Gasteiger partial charge in [-0.3, -0.25) is 0 Å². The standard InChI is InChI=1S/C14H23ClN2/c1-3-5-10-14(4-2,11-16)17-13-8-6-12(15)7-9-13/h6-9,17H,3-5,10-11,16H2,1-2H3. The second kappa shape index (κ2) is 6.87. The van der Waals surface area contributed by atoms with Crippen molar-refractivity contribution >= 4 is 17.3 Å². The monoisotopic (exact) mass is 254 g/mol. The molecular weight excluding hydrogens is 232 g/mol. The molecule has 0 aliphatic carbocycles. The topological polar surface area (TPSA) is 38.0 Å². The summed E-state index contributed by atoms with van der Waals surface area (Å²) >= 11 is 5.88. The van der Waals surface area contributed by atoms with Gasteiger partial charge in [-0.2, -0.15) is 0 Å². The van der Waals surface area contributed by atoms with Crippen molar-refractivity contribution in [1.82, 2.24) is 0 Å². The van der Waals surface area contributed by atoms with Gasteiger partial charge in [0.15, 0.2) is 0 Å². The maximum Gasteiger partial charge on any atom is 0.0493 e. The van der Waals surface area contributed by atoms with E-state index in [9.17, 15) is 0 Å². The van der Waals surface area contributed by atoms with Gasteiger partial charge in [0.25, 0.3) is 0 Å². The van der Waals surface area contributed by atoms with Gasteiger partial charge in [-0.1, -0.05) is 38.3 Å². The first kappa shape index (κ1) is 14.3. The number of rotatable bonds is 7. The number of nitrogens with one attached hydrogen (secondary N) is 1. The summed E-state index contributed by atoms with van der Waals surface area (Å²) in [5.74, 6) is 0. The molecule has 1 rings (SSSR count). The van der Waals surface area contributed by atoms with Crippen molar-refractivity contribution in [3.05, 3.63) is 29.3 Å². The van der Waals surface area contributed by atoms with Gasteiger partial charge in [-0.15, -0.1) is 0 Å². The normalized spacial score (nSPS) is 14.4. The Labute approximate surface area is 110 Å². The van der Waals surface area contributed by atoms with E-state index in [2.05, 4.69) is 19.2 Å². The number of unbranched alkanes of at least 4 members (excludes halogenated alkanes) is 1. The number of hydrogen-bond donors (Lipinski definition) is 2. The molecule has 0 spiro atoms. The Morgan fingerprint density at radius 3 is 2.35 bits per heavy atom.